The van der Waals surface area contributed by atoms with E-state index in [0.717, 1.165) is 19.3 Å². The van der Waals surface area contributed by atoms with Crippen molar-refractivity contribution in [2.45, 2.75) is 44.2 Å². The Kier molecular flexibility index (Phi) is 4.52. The molecule has 1 aliphatic rings. The summed E-state index contributed by atoms with van der Waals surface area (Å²) in [6.45, 7) is 1.72. The normalized spacial score (nSPS) is 17.6. The number of hydrogen-bond acceptors (Lipinski definition) is 5. The van der Waals surface area contributed by atoms with Gasteiger partial charge in [-0.15, -0.1) is 0 Å². The van der Waals surface area contributed by atoms with Crippen molar-refractivity contribution in [1.82, 2.24) is 15.5 Å². The van der Waals surface area contributed by atoms with E-state index in [2.05, 4.69) is 15.5 Å². The van der Waals surface area contributed by atoms with Gasteiger partial charge in [-0.3, -0.25) is 4.79 Å². The summed E-state index contributed by atoms with van der Waals surface area (Å²) < 4.78 is 5.42. The van der Waals surface area contributed by atoms with Gasteiger partial charge in [-0.2, -0.15) is 10.2 Å². The maximum absolute atomic E-state index is 12.1. The smallest absolute Gasteiger partial charge is 0.326 e. The molecule has 0 radical (unpaired) electrons. The minimum atomic E-state index is -1.06. The second-order valence-electron chi connectivity index (χ2n) is 5.39. The number of carbonyl (C=O) groups excluding carboxylic acids is 1. The van der Waals surface area contributed by atoms with Crippen molar-refractivity contribution in [3.05, 3.63) is 23.5 Å². The van der Waals surface area contributed by atoms with Crippen molar-refractivity contribution in [3.63, 3.8) is 0 Å². The molecule has 21 heavy (non-hydrogen) atoms. The van der Waals surface area contributed by atoms with Gasteiger partial charge in [0.2, 0.25) is 0 Å². The Hall–Kier alpha value is -2.02. The summed E-state index contributed by atoms with van der Waals surface area (Å²) in [5.74, 6) is -1.53. The molecule has 1 heterocycles. The SMILES string of the molecule is COC1(CC(NC(=O)c2cnnc(C)c2)C(=O)O)CCC1. The number of rotatable bonds is 6. The van der Waals surface area contributed by atoms with Crippen LogP contribution in [0.2, 0.25) is 0 Å². The van der Waals surface area contributed by atoms with Gasteiger partial charge in [-0.25, -0.2) is 4.79 Å². The zero-order chi connectivity index (χ0) is 15.5. The van der Waals surface area contributed by atoms with Gasteiger partial charge < -0.3 is 15.2 Å². The number of nitrogens with zero attached hydrogens (tertiary/aromatic N) is 2. The molecule has 1 fully saturated rings. The Bertz CT molecular complexity index is 537. The van der Waals surface area contributed by atoms with Crippen molar-refractivity contribution in [2.24, 2.45) is 0 Å². The highest BCUT2D eigenvalue weighted by atomic mass is 16.5. The van der Waals surface area contributed by atoms with E-state index in [-0.39, 0.29) is 6.42 Å². The molecule has 1 aromatic rings. The molecule has 2 N–H and O–H groups in total. The highest BCUT2D eigenvalue weighted by Crippen LogP contribution is 2.38. The number of methoxy groups -OCH3 is 1. The first kappa shape index (κ1) is 15.4. The van der Waals surface area contributed by atoms with Gasteiger partial charge in [0.15, 0.2) is 0 Å². The summed E-state index contributed by atoms with van der Waals surface area (Å²) in [5, 5.41) is 19.3. The maximum atomic E-state index is 12.1. The molecule has 1 saturated carbocycles. The molecule has 0 spiro atoms. The number of aliphatic carboxylic acids is 1. The average Bonchev–Trinajstić information content (AvgIpc) is 2.41. The molecule has 0 saturated heterocycles. The predicted octanol–water partition coefficient (Wildman–Crippen LogP) is 0.927. The van der Waals surface area contributed by atoms with Crippen LogP contribution in [0.3, 0.4) is 0 Å². The number of carboxylic acids is 1. The lowest BCUT2D eigenvalue weighted by molar-refractivity contribution is -0.144. The Morgan fingerprint density at radius 2 is 2.24 bits per heavy atom. The van der Waals surface area contributed by atoms with Crippen LogP contribution in [-0.4, -0.2) is 45.9 Å². The average molecular weight is 293 g/mol. The van der Waals surface area contributed by atoms with E-state index in [0.29, 0.717) is 11.3 Å². The van der Waals surface area contributed by atoms with Crippen LogP contribution in [0.4, 0.5) is 0 Å². The molecule has 0 aliphatic heterocycles. The maximum Gasteiger partial charge on any atom is 0.326 e. The second kappa shape index (κ2) is 6.17. The molecule has 1 aliphatic carbocycles. The fourth-order valence-electron chi connectivity index (χ4n) is 2.47. The molecule has 1 aromatic heterocycles. The molecule has 0 bridgehead atoms. The highest BCUT2D eigenvalue weighted by Gasteiger charge is 2.41. The summed E-state index contributed by atoms with van der Waals surface area (Å²) in [5.41, 5.74) is 0.471. The van der Waals surface area contributed by atoms with Crippen LogP contribution in [0.5, 0.6) is 0 Å². The van der Waals surface area contributed by atoms with Crippen molar-refractivity contribution < 1.29 is 19.4 Å². The number of carbonyl (C=O) groups is 2. The fourth-order valence-corrected chi connectivity index (χ4v) is 2.47. The topological polar surface area (TPSA) is 101 Å². The summed E-state index contributed by atoms with van der Waals surface area (Å²) in [4.78, 5) is 23.5. The van der Waals surface area contributed by atoms with Crippen LogP contribution >= 0.6 is 0 Å². The Morgan fingerprint density at radius 3 is 2.71 bits per heavy atom. The van der Waals surface area contributed by atoms with Gasteiger partial charge in [-0.1, -0.05) is 0 Å². The third-order valence-electron chi connectivity index (χ3n) is 3.92. The van der Waals surface area contributed by atoms with E-state index in [1.54, 1.807) is 20.1 Å². The summed E-state index contributed by atoms with van der Waals surface area (Å²) in [6.07, 6.45) is 4.23. The van der Waals surface area contributed by atoms with Crippen molar-refractivity contribution >= 4 is 11.9 Å². The second-order valence-corrected chi connectivity index (χ2v) is 5.39. The highest BCUT2D eigenvalue weighted by molar-refractivity contribution is 5.96. The molecular weight excluding hydrogens is 274 g/mol. The molecular formula is C14H19N3O4. The predicted molar refractivity (Wildman–Crippen MR) is 73.9 cm³/mol. The van der Waals surface area contributed by atoms with E-state index in [1.165, 1.54) is 6.20 Å². The largest absolute Gasteiger partial charge is 0.480 e. The van der Waals surface area contributed by atoms with Crippen LogP contribution < -0.4 is 5.32 Å². The zero-order valence-corrected chi connectivity index (χ0v) is 12.1. The first-order chi connectivity index (χ1) is 9.96. The Labute approximate surface area is 122 Å². The monoisotopic (exact) mass is 293 g/mol. The number of hydrogen-bond donors (Lipinski definition) is 2. The molecule has 0 aromatic carbocycles. The molecule has 1 amide bonds. The van der Waals surface area contributed by atoms with Crippen LogP contribution in [0.25, 0.3) is 0 Å². The van der Waals surface area contributed by atoms with Crippen molar-refractivity contribution in [2.75, 3.05) is 7.11 Å². The van der Waals surface area contributed by atoms with Gasteiger partial charge in [0.25, 0.3) is 5.91 Å². The van der Waals surface area contributed by atoms with Crippen LogP contribution in [0.15, 0.2) is 12.3 Å². The minimum Gasteiger partial charge on any atom is -0.480 e. The van der Waals surface area contributed by atoms with Gasteiger partial charge in [0.1, 0.15) is 6.04 Å². The lowest BCUT2D eigenvalue weighted by Crippen LogP contribution is -2.50. The Balaban J connectivity index is 2.06. The van der Waals surface area contributed by atoms with Crippen molar-refractivity contribution in [3.8, 4) is 0 Å². The number of carboxylic acid groups (broad SMARTS) is 1. The van der Waals surface area contributed by atoms with Gasteiger partial charge in [-0.05, 0) is 32.3 Å². The lowest BCUT2D eigenvalue weighted by Gasteiger charge is -2.42. The van der Waals surface area contributed by atoms with E-state index in [9.17, 15) is 14.7 Å². The summed E-state index contributed by atoms with van der Waals surface area (Å²) in [7, 11) is 1.58. The first-order valence-corrected chi connectivity index (χ1v) is 6.84. The number of ether oxygens (including phenoxy) is 1. The zero-order valence-electron chi connectivity index (χ0n) is 12.1. The van der Waals surface area contributed by atoms with Crippen molar-refractivity contribution in [1.29, 1.82) is 0 Å². The molecule has 2 rings (SSSR count). The van der Waals surface area contributed by atoms with Gasteiger partial charge in [0.05, 0.1) is 23.1 Å². The van der Waals surface area contributed by atoms with Crippen LogP contribution in [0.1, 0.15) is 41.7 Å². The quantitative estimate of drug-likeness (QED) is 0.809. The van der Waals surface area contributed by atoms with E-state index < -0.39 is 23.5 Å². The molecule has 1 atom stereocenters. The van der Waals surface area contributed by atoms with Gasteiger partial charge in [0, 0.05) is 13.5 Å². The summed E-state index contributed by atoms with van der Waals surface area (Å²) in [6, 6.07) is 0.586. The molecule has 1 unspecified atom stereocenters. The molecule has 114 valence electrons. The number of aromatic nitrogens is 2. The fraction of sp³-hybridized carbons (Fsp3) is 0.571. The van der Waals surface area contributed by atoms with E-state index >= 15 is 0 Å². The molecule has 7 nitrogen and oxygen atoms in total. The van der Waals surface area contributed by atoms with Crippen LogP contribution in [-0.2, 0) is 9.53 Å². The Morgan fingerprint density at radius 1 is 1.52 bits per heavy atom. The first-order valence-electron chi connectivity index (χ1n) is 6.84. The summed E-state index contributed by atoms with van der Waals surface area (Å²) >= 11 is 0. The number of aryl methyl sites for hydroxylation is 1. The third-order valence-corrected chi connectivity index (χ3v) is 3.92. The number of amides is 1. The molecule has 7 heteroatoms. The van der Waals surface area contributed by atoms with E-state index in [1.807, 2.05) is 0 Å². The third kappa shape index (κ3) is 3.55. The number of nitrogens with one attached hydrogen (secondary N) is 1. The van der Waals surface area contributed by atoms with Gasteiger partial charge >= 0.3 is 5.97 Å². The lowest BCUT2D eigenvalue weighted by atomic mass is 9.75. The minimum absolute atomic E-state index is 0.266. The standard InChI is InChI=1S/C14H19N3O4/c1-9-6-10(8-15-17-9)12(18)16-11(13(19)20)7-14(21-2)4-3-5-14/h6,8,11H,3-5,7H2,1-2H3,(H,16,18)(H,19,20). The van der Waals surface area contributed by atoms with Crippen LogP contribution in [0, 0.1) is 6.92 Å². The van der Waals surface area contributed by atoms with E-state index in [4.69, 9.17) is 4.74 Å².